The van der Waals surface area contributed by atoms with Gasteiger partial charge in [-0.15, -0.1) is 11.3 Å². The van der Waals surface area contributed by atoms with Crippen LogP contribution in [0.4, 0.5) is 0 Å². The Balaban J connectivity index is 2.29. The first-order valence-electron chi connectivity index (χ1n) is 5.80. The van der Waals surface area contributed by atoms with Crippen LogP contribution in [0.15, 0.2) is 17.5 Å². The van der Waals surface area contributed by atoms with E-state index < -0.39 is 0 Å². The van der Waals surface area contributed by atoms with E-state index in [0.717, 1.165) is 17.1 Å². The molecule has 2 nitrogen and oxygen atoms in total. The first kappa shape index (κ1) is 12.3. The van der Waals surface area contributed by atoms with Gasteiger partial charge in [-0.05, 0) is 37.5 Å². The minimum atomic E-state index is 0.538. The van der Waals surface area contributed by atoms with Gasteiger partial charge in [0, 0.05) is 18.3 Å². The Hall–Kier alpha value is -1.19. The molecule has 0 unspecified atom stereocenters. The van der Waals surface area contributed by atoms with Crippen molar-refractivity contribution in [1.82, 2.24) is 4.98 Å². The van der Waals surface area contributed by atoms with Gasteiger partial charge in [0.25, 0.3) is 0 Å². The highest BCUT2D eigenvalue weighted by atomic mass is 32.1. The molecule has 2 aromatic rings. The molecule has 0 radical (unpaired) electrons. The summed E-state index contributed by atoms with van der Waals surface area (Å²) in [4.78, 5) is 4.52. The van der Waals surface area contributed by atoms with E-state index in [0.29, 0.717) is 6.54 Å². The monoisotopic (exact) mass is 246 g/mol. The molecule has 1 aromatic heterocycles. The van der Waals surface area contributed by atoms with E-state index in [2.05, 4.69) is 43.3 Å². The second kappa shape index (κ2) is 4.98. The van der Waals surface area contributed by atoms with Gasteiger partial charge < -0.3 is 5.73 Å². The predicted molar refractivity (Wildman–Crippen MR) is 73.5 cm³/mol. The summed E-state index contributed by atoms with van der Waals surface area (Å²) in [5, 5.41) is 3.13. The van der Waals surface area contributed by atoms with Crippen LogP contribution in [-0.4, -0.2) is 4.98 Å². The third kappa shape index (κ3) is 2.73. The molecule has 0 spiro atoms. The largest absolute Gasteiger partial charge is 0.325 e. The van der Waals surface area contributed by atoms with Gasteiger partial charge in [0.1, 0.15) is 5.01 Å². The summed E-state index contributed by atoms with van der Waals surface area (Å²) in [5.74, 6) is 0. The number of hydrogen-bond acceptors (Lipinski definition) is 3. The van der Waals surface area contributed by atoms with Crippen LogP contribution in [0.3, 0.4) is 0 Å². The number of hydrogen-bond donors (Lipinski definition) is 1. The molecule has 0 saturated heterocycles. The molecule has 0 amide bonds. The molecule has 3 heteroatoms. The Morgan fingerprint density at radius 3 is 2.35 bits per heavy atom. The predicted octanol–water partition coefficient (Wildman–Crippen LogP) is 3.12. The fraction of sp³-hybridized carbons (Fsp3) is 0.357. The molecule has 0 fully saturated rings. The van der Waals surface area contributed by atoms with Crippen LogP contribution in [0.25, 0.3) is 0 Å². The molecule has 90 valence electrons. The van der Waals surface area contributed by atoms with Crippen molar-refractivity contribution in [2.45, 2.75) is 33.7 Å². The zero-order valence-electron chi connectivity index (χ0n) is 10.6. The number of benzene rings is 1. The molecular weight excluding hydrogens is 228 g/mol. The summed E-state index contributed by atoms with van der Waals surface area (Å²) in [7, 11) is 0. The third-order valence-corrected chi connectivity index (χ3v) is 3.89. The van der Waals surface area contributed by atoms with Gasteiger partial charge in [-0.25, -0.2) is 4.98 Å². The lowest BCUT2D eigenvalue weighted by atomic mass is 9.96. The molecule has 0 aliphatic heterocycles. The molecule has 0 aliphatic carbocycles. The zero-order chi connectivity index (χ0) is 12.4. The lowest BCUT2D eigenvalue weighted by Crippen LogP contribution is -1.99. The third-order valence-electron chi connectivity index (χ3n) is 2.97. The van der Waals surface area contributed by atoms with Crippen molar-refractivity contribution in [2.24, 2.45) is 5.73 Å². The van der Waals surface area contributed by atoms with E-state index in [1.807, 2.05) is 0 Å². The molecule has 0 bridgehead atoms. The molecule has 0 saturated carbocycles. The second-order valence-corrected chi connectivity index (χ2v) is 5.43. The molecular formula is C14H18N2S. The van der Waals surface area contributed by atoms with Crippen molar-refractivity contribution in [3.8, 4) is 0 Å². The van der Waals surface area contributed by atoms with Crippen LogP contribution in [0.5, 0.6) is 0 Å². The highest BCUT2D eigenvalue weighted by Gasteiger charge is 2.07. The van der Waals surface area contributed by atoms with Crippen LogP contribution < -0.4 is 5.73 Å². The summed E-state index contributed by atoms with van der Waals surface area (Å²) in [6.07, 6.45) is 0.911. The van der Waals surface area contributed by atoms with Gasteiger partial charge in [0.05, 0.1) is 5.69 Å². The van der Waals surface area contributed by atoms with Crippen molar-refractivity contribution in [2.75, 3.05) is 0 Å². The van der Waals surface area contributed by atoms with Crippen LogP contribution >= 0.6 is 11.3 Å². The first-order chi connectivity index (χ1) is 8.10. The van der Waals surface area contributed by atoms with Gasteiger partial charge in [0.2, 0.25) is 0 Å². The smallest absolute Gasteiger partial charge is 0.106 e. The Bertz CT molecular complexity index is 506. The average Bonchev–Trinajstić information content (AvgIpc) is 2.71. The van der Waals surface area contributed by atoms with E-state index in [9.17, 15) is 0 Å². The average molecular weight is 246 g/mol. The van der Waals surface area contributed by atoms with E-state index in [-0.39, 0.29) is 0 Å². The van der Waals surface area contributed by atoms with Gasteiger partial charge in [-0.2, -0.15) is 0 Å². The van der Waals surface area contributed by atoms with Gasteiger partial charge in [0.15, 0.2) is 0 Å². The number of aryl methyl sites for hydroxylation is 3. The number of nitrogens with two attached hydrogens (primary N) is 1. The maximum Gasteiger partial charge on any atom is 0.106 e. The quantitative estimate of drug-likeness (QED) is 0.903. The topological polar surface area (TPSA) is 38.9 Å². The van der Waals surface area contributed by atoms with Gasteiger partial charge >= 0.3 is 0 Å². The van der Waals surface area contributed by atoms with E-state index in [1.54, 1.807) is 11.3 Å². The number of aromatic nitrogens is 1. The van der Waals surface area contributed by atoms with Crippen molar-refractivity contribution in [3.05, 3.63) is 50.5 Å². The summed E-state index contributed by atoms with van der Waals surface area (Å²) >= 11 is 1.65. The molecule has 2 rings (SSSR count). The summed E-state index contributed by atoms with van der Waals surface area (Å²) in [5.41, 5.74) is 12.1. The van der Waals surface area contributed by atoms with Crippen molar-refractivity contribution in [3.63, 3.8) is 0 Å². The Morgan fingerprint density at radius 1 is 1.18 bits per heavy atom. The van der Waals surface area contributed by atoms with Crippen LogP contribution in [-0.2, 0) is 13.0 Å². The molecule has 0 aliphatic rings. The van der Waals surface area contributed by atoms with Crippen molar-refractivity contribution < 1.29 is 0 Å². The van der Waals surface area contributed by atoms with Crippen LogP contribution in [0.2, 0.25) is 0 Å². The number of thiazole rings is 1. The summed E-state index contributed by atoms with van der Waals surface area (Å²) in [6, 6.07) is 4.47. The minimum absolute atomic E-state index is 0.538. The van der Waals surface area contributed by atoms with Crippen molar-refractivity contribution >= 4 is 11.3 Å². The zero-order valence-corrected chi connectivity index (χ0v) is 11.4. The second-order valence-electron chi connectivity index (χ2n) is 4.49. The molecule has 1 aromatic carbocycles. The number of nitrogens with zero attached hydrogens (tertiary/aromatic N) is 1. The molecule has 1 heterocycles. The maximum absolute atomic E-state index is 5.58. The highest BCUT2D eigenvalue weighted by Crippen LogP contribution is 2.21. The van der Waals surface area contributed by atoms with Crippen LogP contribution in [0.1, 0.15) is 33.0 Å². The van der Waals surface area contributed by atoms with E-state index in [4.69, 9.17) is 5.73 Å². The SMILES string of the molecule is Cc1cc(C)c(Cc2csc(CN)n2)c(C)c1. The van der Waals surface area contributed by atoms with Gasteiger partial charge in [-0.3, -0.25) is 0 Å². The Morgan fingerprint density at radius 2 is 1.82 bits per heavy atom. The normalized spacial score (nSPS) is 10.8. The molecule has 0 atom stereocenters. The fourth-order valence-electron chi connectivity index (χ4n) is 2.19. The molecule has 2 N–H and O–H groups in total. The van der Waals surface area contributed by atoms with Crippen LogP contribution in [0, 0.1) is 20.8 Å². The fourth-order valence-corrected chi connectivity index (χ4v) is 2.87. The number of rotatable bonds is 3. The lowest BCUT2D eigenvalue weighted by molar-refractivity contribution is 0.985. The maximum atomic E-state index is 5.58. The first-order valence-corrected chi connectivity index (χ1v) is 6.68. The lowest BCUT2D eigenvalue weighted by Gasteiger charge is -2.09. The van der Waals surface area contributed by atoms with Gasteiger partial charge in [-0.1, -0.05) is 17.7 Å². The standard InChI is InChI=1S/C14H18N2S/c1-9-4-10(2)13(11(3)5-9)6-12-8-17-14(7-15)16-12/h4-5,8H,6-7,15H2,1-3H3. The Kier molecular flexibility index (Phi) is 3.60. The highest BCUT2D eigenvalue weighted by molar-refractivity contribution is 7.09. The Labute approximate surface area is 107 Å². The van der Waals surface area contributed by atoms with E-state index in [1.165, 1.54) is 22.3 Å². The van der Waals surface area contributed by atoms with E-state index >= 15 is 0 Å². The van der Waals surface area contributed by atoms with Crippen molar-refractivity contribution in [1.29, 1.82) is 0 Å². The summed E-state index contributed by atoms with van der Waals surface area (Å²) < 4.78 is 0. The molecule has 17 heavy (non-hydrogen) atoms. The minimum Gasteiger partial charge on any atom is -0.325 e. The summed E-state index contributed by atoms with van der Waals surface area (Å²) in [6.45, 7) is 7.02.